The summed E-state index contributed by atoms with van der Waals surface area (Å²) in [6, 6.07) is 5.57. The molecule has 0 fully saturated rings. The quantitative estimate of drug-likeness (QED) is 0.636. The second-order valence-electron chi connectivity index (χ2n) is 5.14. The molecule has 8 nitrogen and oxygen atoms in total. The molecule has 1 aromatic heterocycles. The van der Waals surface area contributed by atoms with Crippen molar-refractivity contribution in [3.8, 4) is 5.75 Å². The maximum atomic E-state index is 12.9. The molecule has 0 aliphatic carbocycles. The minimum atomic E-state index is -0.533. The standard InChI is InChI=1S/C16H19FN4O4S/c1-3-18-13(22)8-19-14(23)9-26-16-21-20-15(25-16)10(2)24-12-6-4-11(17)5-7-12/h4-7,10H,3,8-9H2,1-2H3,(H,18,22)(H,19,23)/t10-/m1/s1. The first kappa shape index (κ1) is 19.7. The highest BCUT2D eigenvalue weighted by Crippen LogP contribution is 2.23. The summed E-state index contributed by atoms with van der Waals surface area (Å²) in [6.07, 6.45) is -0.533. The minimum Gasteiger partial charge on any atom is -0.481 e. The molecule has 2 N–H and O–H groups in total. The van der Waals surface area contributed by atoms with Gasteiger partial charge in [0, 0.05) is 6.54 Å². The SMILES string of the molecule is CCNC(=O)CNC(=O)CSc1nnc([C@@H](C)Oc2ccc(F)cc2)o1. The number of thioether (sulfide) groups is 1. The number of benzene rings is 1. The molecule has 0 bridgehead atoms. The lowest BCUT2D eigenvalue weighted by Crippen LogP contribution is -2.37. The van der Waals surface area contributed by atoms with Crippen molar-refractivity contribution in [2.24, 2.45) is 0 Å². The molecule has 140 valence electrons. The van der Waals surface area contributed by atoms with Crippen molar-refractivity contribution in [2.75, 3.05) is 18.8 Å². The van der Waals surface area contributed by atoms with E-state index in [1.807, 2.05) is 0 Å². The molecule has 0 radical (unpaired) electrons. The predicted molar refractivity (Wildman–Crippen MR) is 92.2 cm³/mol. The van der Waals surface area contributed by atoms with E-state index in [2.05, 4.69) is 20.8 Å². The monoisotopic (exact) mass is 382 g/mol. The van der Waals surface area contributed by atoms with Crippen LogP contribution in [-0.2, 0) is 9.59 Å². The number of halogens is 1. The lowest BCUT2D eigenvalue weighted by Gasteiger charge is -2.10. The van der Waals surface area contributed by atoms with Gasteiger partial charge in [0.15, 0.2) is 6.10 Å². The number of rotatable bonds is 9. The third-order valence-electron chi connectivity index (χ3n) is 3.04. The predicted octanol–water partition coefficient (Wildman–Crippen LogP) is 1.69. The number of carbonyl (C=O) groups is 2. The fourth-order valence-electron chi connectivity index (χ4n) is 1.83. The molecule has 0 saturated carbocycles. The normalized spacial score (nSPS) is 11.7. The Kier molecular flexibility index (Phi) is 7.39. The number of nitrogens with one attached hydrogen (secondary N) is 2. The Bertz CT molecular complexity index is 738. The van der Waals surface area contributed by atoms with E-state index in [-0.39, 0.29) is 41.0 Å². The van der Waals surface area contributed by atoms with Crippen LogP contribution < -0.4 is 15.4 Å². The van der Waals surface area contributed by atoms with Gasteiger partial charge in [-0.1, -0.05) is 11.8 Å². The molecule has 0 aliphatic rings. The Morgan fingerprint density at radius 1 is 1.23 bits per heavy atom. The van der Waals surface area contributed by atoms with E-state index in [1.165, 1.54) is 24.3 Å². The van der Waals surface area contributed by atoms with E-state index in [4.69, 9.17) is 9.15 Å². The van der Waals surface area contributed by atoms with Gasteiger partial charge in [-0.15, -0.1) is 10.2 Å². The summed E-state index contributed by atoms with van der Waals surface area (Å²) in [5.74, 6) is -0.189. The molecule has 2 amide bonds. The van der Waals surface area contributed by atoms with Crippen molar-refractivity contribution in [3.63, 3.8) is 0 Å². The molecular formula is C16H19FN4O4S. The first-order valence-corrected chi connectivity index (χ1v) is 8.88. The van der Waals surface area contributed by atoms with Gasteiger partial charge in [0.1, 0.15) is 11.6 Å². The summed E-state index contributed by atoms with van der Waals surface area (Å²) in [7, 11) is 0. The van der Waals surface area contributed by atoms with Gasteiger partial charge < -0.3 is 19.8 Å². The molecule has 26 heavy (non-hydrogen) atoms. The summed E-state index contributed by atoms with van der Waals surface area (Å²) in [4.78, 5) is 22.9. The molecule has 0 saturated heterocycles. The molecule has 1 aromatic carbocycles. The van der Waals surface area contributed by atoms with Crippen LogP contribution in [0.15, 0.2) is 33.9 Å². The number of hydrogen-bond donors (Lipinski definition) is 2. The zero-order valence-corrected chi connectivity index (χ0v) is 15.1. The van der Waals surface area contributed by atoms with Crippen molar-refractivity contribution in [1.29, 1.82) is 0 Å². The fourth-order valence-corrected chi connectivity index (χ4v) is 2.43. The van der Waals surface area contributed by atoms with E-state index >= 15 is 0 Å². The maximum absolute atomic E-state index is 12.9. The van der Waals surface area contributed by atoms with E-state index in [0.29, 0.717) is 12.3 Å². The second-order valence-corrected chi connectivity index (χ2v) is 6.07. The van der Waals surface area contributed by atoms with Crippen LogP contribution in [0.3, 0.4) is 0 Å². The van der Waals surface area contributed by atoms with E-state index < -0.39 is 6.10 Å². The smallest absolute Gasteiger partial charge is 0.277 e. The van der Waals surface area contributed by atoms with Gasteiger partial charge in [-0.3, -0.25) is 9.59 Å². The van der Waals surface area contributed by atoms with Crippen LogP contribution in [0.2, 0.25) is 0 Å². The van der Waals surface area contributed by atoms with Crippen molar-refractivity contribution >= 4 is 23.6 Å². The molecule has 2 aromatic rings. The first-order valence-electron chi connectivity index (χ1n) is 7.89. The van der Waals surface area contributed by atoms with Gasteiger partial charge in [-0.2, -0.15) is 0 Å². The largest absolute Gasteiger partial charge is 0.481 e. The van der Waals surface area contributed by atoms with Gasteiger partial charge in [0.05, 0.1) is 12.3 Å². The number of hydrogen-bond acceptors (Lipinski definition) is 7. The molecule has 1 heterocycles. The summed E-state index contributed by atoms with van der Waals surface area (Å²) < 4.78 is 23.9. The van der Waals surface area contributed by atoms with Gasteiger partial charge >= 0.3 is 0 Å². The van der Waals surface area contributed by atoms with Crippen molar-refractivity contribution in [2.45, 2.75) is 25.2 Å². The zero-order valence-electron chi connectivity index (χ0n) is 14.3. The number of aromatic nitrogens is 2. The number of nitrogens with zero attached hydrogens (tertiary/aromatic N) is 2. The maximum Gasteiger partial charge on any atom is 0.277 e. The topological polar surface area (TPSA) is 106 Å². The van der Waals surface area contributed by atoms with Crippen LogP contribution in [0.5, 0.6) is 5.75 Å². The van der Waals surface area contributed by atoms with Gasteiger partial charge in [0.2, 0.25) is 11.8 Å². The Morgan fingerprint density at radius 2 is 1.96 bits per heavy atom. The highest BCUT2D eigenvalue weighted by atomic mass is 32.2. The van der Waals surface area contributed by atoms with E-state index in [9.17, 15) is 14.0 Å². The zero-order chi connectivity index (χ0) is 18.9. The highest BCUT2D eigenvalue weighted by Gasteiger charge is 2.17. The Balaban J connectivity index is 1.78. The molecular weight excluding hydrogens is 363 g/mol. The first-order chi connectivity index (χ1) is 12.5. The molecule has 10 heteroatoms. The van der Waals surface area contributed by atoms with Gasteiger partial charge in [0.25, 0.3) is 11.1 Å². The van der Waals surface area contributed by atoms with Crippen molar-refractivity contribution < 1.29 is 23.1 Å². The van der Waals surface area contributed by atoms with Crippen molar-refractivity contribution in [3.05, 3.63) is 36.0 Å². The average Bonchev–Trinajstić information content (AvgIpc) is 3.09. The van der Waals surface area contributed by atoms with Crippen molar-refractivity contribution in [1.82, 2.24) is 20.8 Å². The number of ether oxygens (including phenoxy) is 1. The lowest BCUT2D eigenvalue weighted by molar-refractivity contribution is -0.124. The summed E-state index contributed by atoms with van der Waals surface area (Å²) in [6.45, 7) is 3.94. The third-order valence-corrected chi connectivity index (χ3v) is 3.86. The van der Waals surface area contributed by atoms with Crippen LogP contribution in [-0.4, -0.2) is 40.9 Å². The van der Waals surface area contributed by atoms with Crippen LogP contribution in [0.25, 0.3) is 0 Å². The Morgan fingerprint density at radius 3 is 2.65 bits per heavy atom. The third kappa shape index (κ3) is 6.36. The molecule has 2 rings (SSSR count). The number of carbonyl (C=O) groups excluding carboxylic acids is 2. The Labute approximate surface area is 153 Å². The minimum absolute atomic E-state index is 0.0360. The molecule has 1 atom stereocenters. The average molecular weight is 382 g/mol. The van der Waals surface area contributed by atoms with Crippen LogP contribution >= 0.6 is 11.8 Å². The summed E-state index contributed by atoms with van der Waals surface area (Å²) in [5.41, 5.74) is 0. The number of likely N-dealkylation sites (N-methyl/N-ethyl adjacent to an activating group) is 1. The van der Waals surface area contributed by atoms with Crippen LogP contribution in [0.1, 0.15) is 25.8 Å². The number of amides is 2. The van der Waals surface area contributed by atoms with Gasteiger partial charge in [-0.05, 0) is 38.1 Å². The summed E-state index contributed by atoms with van der Waals surface area (Å²) in [5, 5.41) is 13.0. The second kappa shape index (κ2) is 9.76. The lowest BCUT2D eigenvalue weighted by atomic mass is 10.3. The molecule has 0 unspecified atom stereocenters. The Hall–Kier alpha value is -2.62. The van der Waals surface area contributed by atoms with Gasteiger partial charge in [-0.25, -0.2) is 4.39 Å². The van der Waals surface area contributed by atoms with E-state index in [0.717, 1.165) is 11.8 Å². The van der Waals surface area contributed by atoms with Crippen LogP contribution in [0.4, 0.5) is 4.39 Å². The highest BCUT2D eigenvalue weighted by molar-refractivity contribution is 7.99. The summed E-state index contributed by atoms with van der Waals surface area (Å²) >= 11 is 1.05. The molecule has 0 spiro atoms. The van der Waals surface area contributed by atoms with E-state index in [1.54, 1.807) is 13.8 Å². The molecule has 0 aliphatic heterocycles. The van der Waals surface area contributed by atoms with Crippen LogP contribution in [0, 0.1) is 5.82 Å². The fraction of sp³-hybridized carbons (Fsp3) is 0.375.